The molecule has 3 aromatic rings. The Morgan fingerprint density at radius 2 is 1.90 bits per heavy atom. The van der Waals surface area contributed by atoms with Gasteiger partial charge in [0.15, 0.2) is 0 Å². The average Bonchev–Trinajstić information content (AvgIpc) is 2.72. The molecule has 0 saturated carbocycles. The van der Waals surface area contributed by atoms with E-state index in [0.717, 1.165) is 16.7 Å². The number of halogens is 1. The molecule has 144 valence electrons. The maximum absolute atomic E-state index is 11.0. The minimum Gasteiger partial charge on any atom is -0.488 e. The Morgan fingerprint density at radius 1 is 1.14 bits per heavy atom. The lowest BCUT2D eigenvalue weighted by molar-refractivity contribution is -0.132. The number of carboxylic acids is 1. The summed E-state index contributed by atoms with van der Waals surface area (Å²) in [5, 5.41) is 17.9. The largest absolute Gasteiger partial charge is 0.488 e. The zero-order valence-corrected chi connectivity index (χ0v) is 17.3. The molecule has 0 aliphatic carbocycles. The molecule has 0 spiro atoms. The lowest BCUT2D eigenvalue weighted by atomic mass is 9.97. The van der Waals surface area contributed by atoms with Crippen LogP contribution in [0.25, 0.3) is 17.2 Å². The van der Waals surface area contributed by atoms with E-state index < -0.39 is 5.97 Å². The van der Waals surface area contributed by atoms with Gasteiger partial charge in [-0.3, -0.25) is 0 Å². The molecular weight excluding hydrogens is 430 g/mol. The SMILES string of the molecule is Cc1c(COc2ccc(C=C(C#N)C(=O)O)cc2Br)cccc1-c1ccccc1. The summed E-state index contributed by atoms with van der Waals surface area (Å²) in [7, 11) is 0. The third-order valence-electron chi connectivity index (χ3n) is 4.53. The second-order valence-electron chi connectivity index (χ2n) is 6.41. The first kappa shape index (κ1) is 20.4. The van der Waals surface area contributed by atoms with E-state index >= 15 is 0 Å². The minimum atomic E-state index is -1.25. The molecule has 0 fully saturated rings. The molecule has 0 amide bonds. The second-order valence-corrected chi connectivity index (χ2v) is 7.26. The normalized spacial score (nSPS) is 11.0. The third kappa shape index (κ3) is 4.92. The average molecular weight is 448 g/mol. The van der Waals surface area contributed by atoms with Gasteiger partial charge in [0, 0.05) is 0 Å². The van der Waals surface area contributed by atoms with Crippen LogP contribution in [0.15, 0.2) is 76.8 Å². The van der Waals surface area contributed by atoms with Gasteiger partial charge >= 0.3 is 5.97 Å². The van der Waals surface area contributed by atoms with Gasteiger partial charge in [-0.2, -0.15) is 5.26 Å². The first-order valence-electron chi connectivity index (χ1n) is 8.91. The Bertz CT molecular complexity index is 1110. The standard InChI is InChI=1S/C24H18BrNO3/c1-16-19(8-5-9-21(16)18-6-3-2-4-7-18)15-29-23-11-10-17(13-22(23)25)12-20(14-26)24(27)28/h2-13H,15H2,1H3,(H,27,28). The smallest absolute Gasteiger partial charge is 0.346 e. The molecule has 0 unspecified atom stereocenters. The van der Waals surface area contributed by atoms with Crippen molar-refractivity contribution in [2.24, 2.45) is 0 Å². The van der Waals surface area contributed by atoms with Crippen molar-refractivity contribution in [1.82, 2.24) is 0 Å². The number of rotatable bonds is 6. The lowest BCUT2D eigenvalue weighted by Gasteiger charge is -2.14. The van der Waals surface area contributed by atoms with Gasteiger partial charge < -0.3 is 9.84 Å². The molecule has 0 saturated heterocycles. The van der Waals surface area contributed by atoms with Crippen molar-refractivity contribution in [3.05, 3.63) is 93.5 Å². The zero-order chi connectivity index (χ0) is 20.8. The van der Waals surface area contributed by atoms with Crippen LogP contribution in [0.2, 0.25) is 0 Å². The predicted molar refractivity (Wildman–Crippen MR) is 116 cm³/mol. The number of aliphatic carboxylic acids is 1. The summed E-state index contributed by atoms with van der Waals surface area (Å²) >= 11 is 3.45. The van der Waals surface area contributed by atoms with Gasteiger partial charge in [0.1, 0.15) is 24.0 Å². The van der Waals surface area contributed by atoms with Crippen molar-refractivity contribution in [2.45, 2.75) is 13.5 Å². The molecule has 0 radical (unpaired) electrons. The van der Waals surface area contributed by atoms with Crippen LogP contribution in [0.5, 0.6) is 5.75 Å². The summed E-state index contributed by atoms with van der Waals surface area (Å²) in [5.41, 5.74) is 4.86. The van der Waals surface area contributed by atoms with Crippen molar-refractivity contribution < 1.29 is 14.6 Å². The van der Waals surface area contributed by atoms with Crippen LogP contribution in [0.3, 0.4) is 0 Å². The summed E-state index contributed by atoms with van der Waals surface area (Å²) < 4.78 is 6.67. The number of hydrogen-bond donors (Lipinski definition) is 1. The zero-order valence-electron chi connectivity index (χ0n) is 15.7. The second kappa shape index (κ2) is 9.22. The summed E-state index contributed by atoms with van der Waals surface area (Å²) in [6.45, 7) is 2.48. The highest BCUT2D eigenvalue weighted by molar-refractivity contribution is 9.10. The van der Waals surface area contributed by atoms with Crippen LogP contribution >= 0.6 is 15.9 Å². The van der Waals surface area contributed by atoms with Gasteiger partial charge in [-0.15, -0.1) is 0 Å². The predicted octanol–water partition coefficient (Wildman–Crippen LogP) is 6.00. The number of nitrogens with zero attached hydrogens (tertiary/aromatic N) is 1. The summed E-state index contributed by atoms with van der Waals surface area (Å²) in [4.78, 5) is 11.0. The number of carboxylic acid groups (broad SMARTS) is 1. The van der Waals surface area contributed by atoms with E-state index in [-0.39, 0.29) is 5.57 Å². The van der Waals surface area contributed by atoms with Crippen molar-refractivity contribution in [3.63, 3.8) is 0 Å². The quantitative estimate of drug-likeness (QED) is 0.371. The summed E-state index contributed by atoms with van der Waals surface area (Å²) in [5.74, 6) is -0.613. The molecule has 5 heteroatoms. The fourth-order valence-electron chi connectivity index (χ4n) is 2.96. The molecular formula is C24H18BrNO3. The van der Waals surface area contributed by atoms with Crippen LogP contribution in [-0.2, 0) is 11.4 Å². The first-order chi connectivity index (χ1) is 14.0. The molecule has 4 nitrogen and oxygen atoms in total. The number of carbonyl (C=O) groups is 1. The van der Waals surface area contributed by atoms with Crippen molar-refractivity contribution >= 4 is 28.0 Å². The molecule has 0 heterocycles. The van der Waals surface area contributed by atoms with Crippen LogP contribution in [0.1, 0.15) is 16.7 Å². The molecule has 0 aliphatic heterocycles. The number of hydrogen-bond acceptors (Lipinski definition) is 3. The first-order valence-corrected chi connectivity index (χ1v) is 9.70. The van der Waals surface area contributed by atoms with Crippen LogP contribution in [0.4, 0.5) is 0 Å². The van der Waals surface area contributed by atoms with Crippen LogP contribution < -0.4 is 4.74 Å². The Morgan fingerprint density at radius 3 is 2.55 bits per heavy atom. The topological polar surface area (TPSA) is 70.3 Å². The van der Waals surface area contributed by atoms with Crippen LogP contribution in [0, 0.1) is 18.3 Å². The highest BCUT2D eigenvalue weighted by Crippen LogP contribution is 2.30. The lowest BCUT2D eigenvalue weighted by Crippen LogP contribution is -2.00. The minimum absolute atomic E-state index is 0.320. The third-order valence-corrected chi connectivity index (χ3v) is 5.15. The summed E-state index contributed by atoms with van der Waals surface area (Å²) in [6, 6.07) is 23.2. The number of benzene rings is 3. The molecule has 0 bridgehead atoms. The fourth-order valence-corrected chi connectivity index (χ4v) is 3.47. The Labute approximate surface area is 177 Å². The van der Waals surface area contributed by atoms with E-state index in [4.69, 9.17) is 15.1 Å². The Balaban J connectivity index is 1.79. The Kier molecular flexibility index (Phi) is 6.48. The monoisotopic (exact) mass is 447 g/mol. The van der Waals surface area contributed by atoms with E-state index in [1.807, 2.05) is 30.3 Å². The van der Waals surface area contributed by atoms with Gasteiger partial charge in [0.05, 0.1) is 4.47 Å². The van der Waals surface area contributed by atoms with E-state index in [9.17, 15) is 4.79 Å². The maximum atomic E-state index is 11.0. The molecule has 3 aromatic carbocycles. The van der Waals surface area contributed by atoms with Gasteiger partial charge in [-0.25, -0.2) is 4.79 Å². The molecule has 0 aromatic heterocycles. The van der Waals surface area contributed by atoms with Gasteiger partial charge in [-0.1, -0.05) is 54.6 Å². The van der Waals surface area contributed by atoms with Crippen molar-refractivity contribution in [1.29, 1.82) is 5.26 Å². The Hall–Kier alpha value is -3.36. The van der Waals surface area contributed by atoms with E-state index in [2.05, 4.69) is 41.1 Å². The molecule has 29 heavy (non-hydrogen) atoms. The van der Waals surface area contributed by atoms with Crippen molar-refractivity contribution in [3.8, 4) is 22.9 Å². The maximum Gasteiger partial charge on any atom is 0.346 e. The number of nitriles is 1. The molecule has 0 aliphatic rings. The molecule has 3 rings (SSSR count). The fraction of sp³-hybridized carbons (Fsp3) is 0.0833. The molecule has 0 atom stereocenters. The highest BCUT2D eigenvalue weighted by Gasteiger charge is 2.10. The van der Waals surface area contributed by atoms with Crippen molar-refractivity contribution in [2.75, 3.05) is 0 Å². The van der Waals surface area contributed by atoms with Gasteiger partial charge in [0.2, 0.25) is 0 Å². The van der Waals surface area contributed by atoms with E-state index in [1.165, 1.54) is 11.6 Å². The van der Waals surface area contributed by atoms with E-state index in [0.29, 0.717) is 22.4 Å². The van der Waals surface area contributed by atoms with Gasteiger partial charge in [0.25, 0.3) is 0 Å². The van der Waals surface area contributed by atoms with Gasteiger partial charge in [-0.05, 0) is 68.9 Å². The van der Waals surface area contributed by atoms with Crippen LogP contribution in [-0.4, -0.2) is 11.1 Å². The molecule has 1 N–H and O–H groups in total. The summed E-state index contributed by atoms with van der Waals surface area (Å²) in [6.07, 6.45) is 1.32. The van der Waals surface area contributed by atoms with E-state index in [1.54, 1.807) is 24.3 Å². The number of ether oxygens (including phenoxy) is 1. The highest BCUT2D eigenvalue weighted by atomic mass is 79.9.